The molecule has 0 saturated heterocycles. The summed E-state index contributed by atoms with van der Waals surface area (Å²) in [6, 6.07) is 0. The fourth-order valence-corrected chi connectivity index (χ4v) is 2.74. The van der Waals surface area contributed by atoms with Crippen LogP contribution in [0.25, 0.3) is 0 Å². The van der Waals surface area contributed by atoms with Gasteiger partial charge in [-0.05, 0) is 42.9 Å². The third-order valence-corrected chi connectivity index (χ3v) is 3.85. The van der Waals surface area contributed by atoms with E-state index in [0.717, 1.165) is 25.7 Å². The second-order valence-electron chi connectivity index (χ2n) is 5.50. The fourth-order valence-electron chi connectivity index (χ4n) is 2.74. The van der Waals surface area contributed by atoms with E-state index in [-0.39, 0.29) is 18.1 Å². The Bertz CT molecular complexity index is 179. The van der Waals surface area contributed by atoms with Crippen LogP contribution in [-0.2, 0) is 0 Å². The van der Waals surface area contributed by atoms with Gasteiger partial charge in [-0.25, -0.2) is 0 Å². The van der Waals surface area contributed by atoms with Gasteiger partial charge in [-0.1, -0.05) is 20.8 Å². The molecule has 1 saturated carbocycles. The van der Waals surface area contributed by atoms with Crippen LogP contribution >= 0.6 is 0 Å². The van der Waals surface area contributed by atoms with Gasteiger partial charge >= 0.3 is 0 Å². The summed E-state index contributed by atoms with van der Waals surface area (Å²) in [4.78, 5) is 0. The van der Waals surface area contributed by atoms with Crippen molar-refractivity contribution in [1.29, 1.82) is 0 Å². The van der Waals surface area contributed by atoms with Crippen molar-refractivity contribution in [2.24, 2.45) is 17.3 Å². The van der Waals surface area contributed by atoms with Crippen molar-refractivity contribution in [1.82, 2.24) is 0 Å². The Morgan fingerprint density at radius 3 is 2.50 bits per heavy atom. The smallest absolute Gasteiger partial charge is 0.0576 e. The highest BCUT2D eigenvalue weighted by atomic mass is 16.3. The van der Waals surface area contributed by atoms with Gasteiger partial charge < -0.3 is 10.2 Å². The molecule has 0 bridgehead atoms. The van der Waals surface area contributed by atoms with Crippen LogP contribution in [0, 0.1) is 17.3 Å². The molecule has 0 aromatic heterocycles. The number of aliphatic hydroxyl groups is 2. The van der Waals surface area contributed by atoms with Crippen molar-refractivity contribution < 1.29 is 10.2 Å². The van der Waals surface area contributed by atoms with Crippen molar-refractivity contribution in [3.8, 4) is 0 Å². The van der Waals surface area contributed by atoms with Gasteiger partial charge in [0.2, 0.25) is 0 Å². The van der Waals surface area contributed by atoms with E-state index < -0.39 is 0 Å². The molecule has 0 amide bonds. The lowest BCUT2D eigenvalue weighted by Crippen LogP contribution is -2.38. The normalized spacial score (nSPS) is 39.0. The zero-order chi connectivity index (χ0) is 10.8. The highest BCUT2D eigenvalue weighted by molar-refractivity contribution is 4.88. The highest BCUT2D eigenvalue weighted by Crippen LogP contribution is 2.43. The first kappa shape index (κ1) is 12.0. The van der Waals surface area contributed by atoms with Crippen LogP contribution in [0.4, 0.5) is 0 Å². The van der Waals surface area contributed by atoms with Crippen LogP contribution in [0.15, 0.2) is 0 Å². The van der Waals surface area contributed by atoms with Crippen LogP contribution in [0.3, 0.4) is 0 Å². The maximum atomic E-state index is 10.0. The Balaban J connectivity index is 2.53. The topological polar surface area (TPSA) is 40.5 Å². The van der Waals surface area contributed by atoms with E-state index in [2.05, 4.69) is 20.8 Å². The molecule has 0 radical (unpaired) electrons. The first-order chi connectivity index (χ1) is 6.48. The predicted octanol–water partition coefficient (Wildman–Crippen LogP) is 2.19. The molecule has 0 unspecified atom stereocenters. The van der Waals surface area contributed by atoms with Crippen LogP contribution < -0.4 is 0 Å². The third kappa shape index (κ3) is 2.71. The fraction of sp³-hybridized carbons (Fsp3) is 1.00. The summed E-state index contributed by atoms with van der Waals surface area (Å²) in [5, 5.41) is 19.0. The van der Waals surface area contributed by atoms with Gasteiger partial charge in [-0.3, -0.25) is 0 Å². The summed E-state index contributed by atoms with van der Waals surface area (Å²) in [5.41, 5.74) is 0.166. The molecule has 0 aromatic rings. The quantitative estimate of drug-likeness (QED) is 0.733. The average molecular weight is 200 g/mol. The van der Waals surface area contributed by atoms with Gasteiger partial charge in [-0.15, -0.1) is 0 Å². The molecule has 2 N–H and O–H groups in total. The van der Waals surface area contributed by atoms with Gasteiger partial charge in [-0.2, -0.15) is 0 Å². The first-order valence-electron chi connectivity index (χ1n) is 5.77. The van der Waals surface area contributed by atoms with E-state index in [1.54, 1.807) is 0 Å². The molecule has 1 aliphatic carbocycles. The molecule has 2 heteroatoms. The zero-order valence-corrected chi connectivity index (χ0v) is 9.66. The van der Waals surface area contributed by atoms with Crippen LogP contribution in [0.5, 0.6) is 0 Å². The summed E-state index contributed by atoms with van der Waals surface area (Å²) < 4.78 is 0. The summed E-state index contributed by atoms with van der Waals surface area (Å²) in [5.74, 6) is 1.03. The molecule has 1 fully saturated rings. The Hall–Kier alpha value is -0.0800. The van der Waals surface area contributed by atoms with Crippen LogP contribution in [0.2, 0.25) is 0 Å². The monoisotopic (exact) mass is 200 g/mol. The van der Waals surface area contributed by atoms with E-state index in [0.29, 0.717) is 11.8 Å². The summed E-state index contributed by atoms with van der Waals surface area (Å²) >= 11 is 0. The molecule has 3 atom stereocenters. The Kier molecular flexibility index (Phi) is 3.96. The number of aliphatic hydroxyl groups excluding tert-OH is 2. The second-order valence-corrected chi connectivity index (χ2v) is 5.50. The maximum absolute atomic E-state index is 10.0. The molecule has 0 heterocycles. The van der Waals surface area contributed by atoms with Gasteiger partial charge in [0.1, 0.15) is 0 Å². The molecular formula is C12H24O2. The van der Waals surface area contributed by atoms with E-state index in [9.17, 15) is 5.11 Å². The van der Waals surface area contributed by atoms with Crippen molar-refractivity contribution >= 4 is 0 Å². The van der Waals surface area contributed by atoms with E-state index in [1.165, 1.54) is 0 Å². The lowest BCUT2D eigenvalue weighted by molar-refractivity contribution is -0.0181. The van der Waals surface area contributed by atoms with E-state index in [1.807, 2.05) is 0 Å². The number of hydrogen-bond acceptors (Lipinski definition) is 2. The summed E-state index contributed by atoms with van der Waals surface area (Å²) in [6.45, 7) is 6.80. The highest BCUT2D eigenvalue weighted by Gasteiger charge is 2.37. The summed E-state index contributed by atoms with van der Waals surface area (Å²) in [7, 11) is 0. The standard InChI is InChI=1S/C12H24O2/c1-9(2)10-4-5-12(3,6-7-13)8-11(10)14/h9-11,13-14H,4-8H2,1-3H3/t10-,11+,12-/m0/s1. The molecule has 2 nitrogen and oxygen atoms in total. The molecular weight excluding hydrogens is 176 g/mol. The minimum absolute atomic E-state index is 0.166. The predicted molar refractivity (Wildman–Crippen MR) is 58.0 cm³/mol. The molecule has 0 spiro atoms. The number of rotatable bonds is 3. The van der Waals surface area contributed by atoms with Crippen molar-refractivity contribution in [2.45, 2.75) is 52.6 Å². The van der Waals surface area contributed by atoms with Crippen LogP contribution in [0.1, 0.15) is 46.5 Å². The summed E-state index contributed by atoms with van der Waals surface area (Å²) in [6.07, 6.45) is 3.77. The first-order valence-corrected chi connectivity index (χ1v) is 5.77. The Morgan fingerprint density at radius 2 is 2.07 bits per heavy atom. The minimum Gasteiger partial charge on any atom is -0.396 e. The van der Waals surface area contributed by atoms with Gasteiger partial charge in [0.05, 0.1) is 6.10 Å². The Morgan fingerprint density at radius 1 is 1.43 bits per heavy atom. The molecule has 0 aliphatic heterocycles. The lowest BCUT2D eigenvalue weighted by Gasteiger charge is -2.42. The molecule has 1 aliphatic rings. The van der Waals surface area contributed by atoms with E-state index >= 15 is 0 Å². The Labute approximate surface area is 87.3 Å². The molecule has 84 valence electrons. The van der Waals surface area contributed by atoms with Crippen molar-refractivity contribution in [3.63, 3.8) is 0 Å². The molecule has 14 heavy (non-hydrogen) atoms. The third-order valence-electron chi connectivity index (χ3n) is 3.85. The number of hydrogen-bond donors (Lipinski definition) is 2. The largest absolute Gasteiger partial charge is 0.396 e. The minimum atomic E-state index is -0.166. The second kappa shape index (κ2) is 4.63. The van der Waals surface area contributed by atoms with Gasteiger partial charge in [0.25, 0.3) is 0 Å². The van der Waals surface area contributed by atoms with Crippen molar-refractivity contribution in [2.75, 3.05) is 6.61 Å². The van der Waals surface area contributed by atoms with Crippen LogP contribution in [-0.4, -0.2) is 22.9 Å². The van der Waals surface area contributed by atoms with E-state index in [4.69, 9.17) is 5.11 Å². The SMILES string of the molecule is CC(C)[C@@H]1CC[C@@](C)(CCO)C[C@H]1O. The van der Waals surface area contributed by atoms with Gasteiger partial charge in [0.15, 0.2) is 0 Å². The molecule has 1 rings (SSSR count). The zero-order valence-electron chi connectivity index (χ0n) is 9.66. The lowest BCUT2D eigenvalue weighted by atomic mass is 9.66. The van der Waals surface area contributed by atoms with Crippen molar-refractivity contribution in [3.05, 3.63) is 0 Å². The maximum Gasteiger partial charge on any atom is 0.0576 e. The van der Waals surface area contributed by atoms with Gasteiger partial charge in [0, 0.05) is 6.61 Å². The average Bonchev–Trinajstić information content (AvgIpc) is 2.02. The molecule has 0 aromatic carbocycles.